The summed E-state index contributed by atoms with van der Waals surface area (Å²) < 4.78 is 33.1. The van der Waals surface area contributed by atoms with Crippen molar-refractivity contribution in [1.82, 2.24) is 10.6 Å². The highest BCUT2D eigenvalue weighted by Crippen LogP contribution is 2.26. The molecule has 0 spiro atoms. The number of rotatable bonds is 8. The second kappa shape index (κ2) is 12.7. The molecule has 6 nitrogen and oxygen atoms in total. The number of anilines is 2. The van der Waals surface area contributed by atoms with Crippen molar-refractivity contribution in [2.75, 3.05) is 50.6 Å². The van der Waals surface area contributed by atoms with Crippen LogP contribution >= 0.6 is 24.0 Å². The highest BCUT2D eigenvalue weighted by Gasteiger charge is 2.27. The number of benzene rings is 2. The predicted molar refractivity (Wildman–Crippen MR) is 133 cm³/mol. The summed E-state index contributed by atoms with van der Waals surface area (Å²) in [6.45, 7) is 3.15. The molecule has 0 bridgehead atoms. The van der Waals surface area contributed by atoms with Crippen molar-refractivity contribution in [3.8, 4) is 0 Å². The first-order chi connectivity index (χ1) is 14.6. The molecular weight excluding hydrogens is 515 g/mol. The first-order valence-electron chi connectivity index (χ1n) is 10.1. The molecule has 0 radical (unpaired) electrons. The van der Waals surface area contributed by atoms with Gasteiger partial charge in [0.05, 0.1) is 6.61 Å². The average Bonchev–Trinajstić information content (AvgIpc) is 3.20. The van der Waals surface area contributed by atoms with Crippen LogP contribution in [0.15, 0.2) is 47.5 Å². The van der Waals surface area contributed by atoms with Gasteiger partial charge in [0, 0.05) is 52.1 Å². The average molecular weight is 545 g/mol. The fourth-order valence-electron chi connectivity index (χ4n) is 3.48. The van der Waals surface area contributed by atoms with E-state index in [1.165, 1.54) is 18.2 Å². The van der Waals surface area contributed by atoms with Crippen LogP contribution in [-0.4, -0.2) is 52.4 Å². The van der Waals surface area contributed by atoms with E-state index in [1.807, 2.05) is 24.3 Å². The number of ether oxygens (including phenoxy) is 1. The monoisotopic (exact) mass is 545 g/mol. The molecule has 1 atom stereocenters. The van der Waals surface area contributed by atoms with Crippen molar-refractivity contribution >= 4 is 41.3 Å². The van der Waals surface area contributed by atoms with E-state index >= 15 is 0 Å². The van der Waals surface area contributed by atoms with Crippen LogP contribution in [0.2, 0.25) is 0 Å². The lowest BCUT2D eigenvalue weighted by molar-refractivity contribution is 0.211. The standard InChI is InChI=1S/C22H29F2N5O.HI/c1-25-22(27-14-16-6-8-17(9-7-16)26-11-13-30-2)28-18-10-12-29(15-18)21-19(23)4-3-5-20(21)24;/h3-9,18,26H,10-15H2,1-2H3,(H2,25,27,28);1H. The Bertz CT molecular complexity index is 830. The summed E-state index contributed by atoms with van der Waals surface area (Å²) >= 11 is 0. The molecule has 1 unspecified atom stereocenters. The van der Waals surface area contributed by atoms with Gasteiger partial charge in [-0.1, -0.05) is 18.2 Å². The second-order valence-electron chi connectivity index (χ2n) is 7.19. The van der Waals surface area contributed by atoms with Crippen molar-refractivity contribution in [2.24, 2.45) is 4.99 Å². The van der Waals surface area contributed by atoms with E-state index in [0.717, 1.165) is 24.2 Å². The maximum absolute atomic E-state index is 14.0. The third kappa shape index (κ3) is 7.20. The maximum Gasteiger partial charge on any atom is 0.191 e. The molecule has 0 aliphatic carbocycles. The second-order valence-corrected chi connectivity index (χ2v) is 7.19. The Hall–Kier alpha value is -2.14. The van der Waals surface area contributed by atoms with Crippen molar-refractivity contribution in [2.45, 2.75) is 19.0 Å². The van der Waals surface area contributed by atoms with Gasteiger partial charge in [-0.05, 0) is 36.2 Å². The van der Waals surface area contributed by atoms with E-state index < -0.39 is 11.6 Å². The summed E-state index contributed by atoms with van der Waals surface area (Å²) in [5, 5.41) is 9.92. The van der Waals surface area contributed by atoms with Gasteiger partial charge < -0.3 is 25.6 Å². The van der Waals surface area contributed by atoms with Gasteiger partial charge in [-0.25, -0.2) is 8.78 Å². The quantitative estimate of drug-likeness (QED) is 0.205. The first kappa shape index (κ1) is 25.1. The zero-order valence-corrected chi connectivity index (χ0v) is 20.2. The summed E-state index contributed by atoms with van der Waals surface area (Å²) in [4.78, 5) is 6.01. The van der Waals surface area contributed by atoms with Crippen LogP contribution in [0.25, 0.3) is 0 Å². The number of methoxy groups -OCH3 is 1. The van der Waals surface area contributed by atoms with Crippen LogP contribution in [-0.2, 0) is 11.3 Å². The summed E-state index contributed by atoms with van der Waals surface area (Å²) in [5.41, 5.74) is 2.21. The minimum atomic E-state index is -0.529. The SMILES string of the molecule is CN=C(NCc1ccc(NCCOC)cc1)NC1CCN(c2c(F)cccc2F)C1.I. The Morgan fingerprint density at radius 3 is 2.52 bits per heavy atom. The lowest BCUT2D eigenvalue weighted by atomic mass is 10.2. The zero-order chi connectivity index (χ0) is 21.3. The van der Waals surface area contributed by atoms with Crippen molar-refractivity contribution in [3.05, 3.63) is 59.7 Å². The molecule has 1 aliphatic rings. The zero-order valence-electron chi connectivity index (χ0n) is 17.8. The molecule has 9 heteroatoms. The smallest absolute Gasteiger partial charge is 0.191 e. The summed E-state index contributed by atoms with van der Waals surface area (Å²) in [6, 6.07) is 12.2. The molecule has 1 saturated heterocycles. The molecule has 170 valence electrons. The molecule has 0 amide bonds. The van der Waals surface area contributed by atoms with Gasteiger partial charge >= 0.3 is 0 Å². The molecule has 1 heterocycles. The Morgan fingerprint density at radius 1 is 1.16 bits per heavy atom. The molecule has 1 aliphatic heterocycles. The predicted octanol–water partition coefficient (Wildman–Crippen LogP) is 3.59. The van der Waals surface area contributed by atoms with Gasteiger partial charge in [-0.2, -0.15) is 0 Å². The lowest BCUT2D eigenvalue weighted by Crippen LogP contribution is -2.44. The number of aliphatic imine (C=N–C) groups is 1. The highest BCUT2D eigenvalue weighted by molar-refractivity contribution is 14.0. The lowest BCUT2D eigenvalue weighted by Gasteiger charge is -2.21. The Balaban J connectivity index is 0.00000341. The Kier molecular flexibility index (Phi) is 10.3. The third-order valence-corrected chi connectivity index (χ3v) is 5.06. The molecule has 3 N–H and O–H groups in total. The fraction of sp³-hybridized carbons (Fsp3) is 0.409. The van der Waals surface area contributed by atoms with Gasteiger partial charge in [0.1, 0.15) is 17.3 Å². The number of nitrogens with one attached hydrogen (secondary N) is 3. The molecule has 0 aromatic heterocycles. The molecule has 0 saturated carbocycles. The van der Waals surface area contributed by atoms with Crippen LogP contribution in [0.3, 0.4) is 0 Å². The Morgan fingerprint density at radius 2 is 1.87 bits per heavy atom. The maximum atomic E-state index is 14.0. The largest absolute Gasteiger partial charge is 0.383 e. The molecule has 2 aromatic carbocycles. The number of halogens is 3. The summed E-state index contributed by atoms with van der Waals surface area (Å²) in [7, 11) is 3.39. The van der Waals surface area contributed by atoms with Gasteiger partial charge in [-0.15, -0.1) is 24.0 Å². The number of hydrogen-bond donors (Lipinski definition) is 3. The number of para-hydroxylation sites is 1. The third-order valence-electron chi connectivity index (χ3n) is 5.06. The minimum absolute atomic E-state index is 0. The van der Waals surface area contributed by atoms with Crippen LogP contribution < -0.4 is 20.9 Å². The number of hydrogen-bond acceptors (Lipinski definition) is 4. The minimum Gasteiger partial charge on any atom is -0.383 e. The van der Waals surface area contributed by atoms with Gasteiger partial charge in [0.25, 0.3) is 0 Å². The van der Waals surface area contributed by atoms with Gasteiger partial charge in [0.2, 0.25) is 0 Å². The van der Waals surface area contributed by atoms with Crippen LogP contribution in [0.5, 0.6) is 0 Å². The van der Waals surface area contributed by atoms with Crippen LogP contribution in [0.1, 0.15) is 12.0 Å². The number of guanidine groups is 1. The molecule has 31 heavy (non-hydrogen) atoms. The Labute approximate surface area is 199 Å². The van der Waals surface area contributed by atoms with E-state index in [1.54, 1.807) is 19.1 Å². The van der Waals surface area contributed by atoms with E-state index in [9.17, 15) is 8.78 Å². The van der Waals surface area contributed by atoms with Crippen LogP contribution in [0.4, 0.5) is 20.2 Å². The van der Waals surface area contributed by atoms with E-state index in [-0.39, 0.29) is 35.7 Å². The van der Waals surface area contributed by atoms with E-state index in [4.69, 9.17) is 4.74 Å². The topological polar surface area (TPSA) is 60.9 Å². The molecular formula is C22H30F2IN5O. The summed E-state index contributed by atoms with van der Waals surface area (Å²) in [5.74, 6) is -0.394. The van der Waals surface area contributed by atoms with Crippen molar-refractivity contribution in [3.63, 3.8) is 0 Å². The van der Waals surface area contributed by atoms with Gasteiger partial charge in [0.15, 0.2) is 5.96 Å². The highest BCUT2D eigenvalue weighted by atomic mass is 127. The van der Waals surface area contributed by atoms with E-state index in [2.05, 4.69) is 20.9 Å². The first-order valence-corrected chi connectivity index (χ1v) is 10.1. The van der Waals surface area contributed by atoms with E-state index in [0.29, 0.717) is 32.2 Å². The van der Waals surface area contributed by atoms with Crippen molar-refractivity contribution in [1.29, 1.82) is 0 Å². The number of nitrogens with zero attached hydrogens (tertiary/aromatic N) is 2. The fourth-order valence-corrected chi connectivity index (χ4v) is 3.48. The summed E-state index contributed by atoms with van der Waals surface area (Å²) in [6.07, 6.45) is 0.774. The van der Waals surface area contributed by atoms with Crippen molar-refractivity contribution < 1.29 is 13.5 Å². The molecule has 1 fully saturated rings. The normalized spacial score (nSPS) is 16.1. The molecule has 3 rings (SSSR count). The van der Waals surface area contributed by atoms with Gasteiger partial charge in [-0.3, -0.25) is 4.99 Å². The molecule has 2 aromatic rings. The van der Waals surface area contributed by atoms with Crippen LogP contribution in [0, 0.1) is 11.6 Å².